The molecule has 2 rings (SSSR count). The maximum Gasteiger partial charge on any atom is 0.440 e. The Hall–Kier alpha value is -0.640. The van der Waals surface area contributed by atoms with Crippen LogP contribution in [0.15, 0.2) is 18.2 Å². The summed E-state index contributed by atoms with van der Waals surface area (Å²) in [7, 11) is 0. The standard InChI is InChI=1S/C15H23O4PS/c1-5-10-21-20(16,17-6-2)19-13-9-7-8-12-11-15(3,4)18-14(12)13/h7-9H,5-6,10-11H2,1-4H3. The van der Waals surface area contributed by atoms with Gasteiger partial charge in [-0.05, 0) is 44.6 Å². The quantitative estimate of drug-likeness (QED) is 0.653. The van der Waals surface area contributed by atoms with E-state index >= 15 is 0 Å². The van der Waals surface area contributed by atoms with Crippen molar-refractivity contribution in [1.29, 1.82) is 0 Å². The summed E-state index contributed by atoms with van der Waals surface area (Å²) < 4.78 is 29.8. The van der Waals surface area contributed by atoms with Crippen molar-refractivity contribution in [1.82, 2.24) is 0 Å². The molecule has 6 heteroatoms. The van der Waals surface area contributed by atoms with Gasteiger partial charge < -0.3 is 9.26 Å². The molecule has 4 nitrogen and oxygen atoms in total. The van der Waals surface area contributed by atoms with Crippen LogP contribution in [-0.4, -0.2) is 18.0 Å². The number of hydrogen-bond donors (Lipinski definition) is 0. The highest BCUT2D eigenvalue weighted by molar-refractivity contribution is 8.55. The molecule has 0 saturated carbocycles. The Morgan fingerprint density at radius 3 is 2.81 bits per heavy atom. The maximum absolute atomic E-state index is 12.8. The summed E-state index contributed by atoms with van der Waals surface area (Å²) in [5.74, 6) is 1.94. The highest BCUT2D eigenvalue weighted by atomic mass is 32.7. The SMILES string of the molecule is CCCSP(=O)(OCC)Oc1cccc2c1OC(C)(C)C2. The van der Waals surface area contributed by atoms with E-state index in [-0.39, 0.29) is 5.60 Å². The van der Waals surface area contributed by atoms with Crippen molar-refractivity contribution in [2.24, 2.45) is 0 Å². The summed E-state index contributed by atoms with van der Waals surface area (Å²) in [6.45, 7) is 5.08. The molecule has 0 saturated heterocycles. The van der Waals surface area contributed by atoms with Gasteiger partial charge >= 0.3 is 6.80 Å². The number of fused-ring (bicyclic) bond motifs is 1. The molecule has 1 aliphatic rings. The molecule has 0 aromatic heterocycles. The van der Waals surface area contributed by atoms with Crippen LogP contribution >= 0.6 is 18.2 Å². The van der Waals surface area contributed by atoms with Crippen LogP contribution in [0.1, 0.15) is 39.7 Å². The Balaban J connectivity index is 2.23. The lowest BCUT2D eigenvalue weighted by Crippen LogP contribution is -2.24. The minimum Gasteiger partial charge on any atom is -0.483 e. The minimum absolute atomic E-state index is 0.256. The average Bonchev–Trinajstić information content (AvgIpc) is 2.72. The summed E-state index contributed by atoms with van der Waals surface area (Å²) in [5.41, 5.74) is 0.828. The lowest BCUT2D eigenvalue weighted by atomic mass is 10.0. The summed E-state index contributed by atoms with van der Waals surface area (Å²) in [6.07, 6.45) is 1.74. The van der Waals surface area contributed by atoms with Crippen LogP contribution in [0.2, 0.25) is 0 Å². The number of para-hydroxylation sites is 1. The molecular formula is C15H23O4PS. The van der Waals surface area contributed by atoms with E-state index in [4.69, 9.17) is 13.8 Å². The second-order valence-corrected chi connectivity index (χ2v) is 9.69. The van der Waals surface area contributed by atoms with Crippen LogP contribution in [-0.2, 0) is 15.5 Å². The topological polar surface area (TPSA) is 44.8 Å². The summed E-state index contributed by atoms with van der Waals surface area (Å²) in [6, 6.07) is 5.71. The second kappa shape index (κ2) is 6.64. The molecule has 1 aromatic carbocycles. The van der Waals surface area contributed by atoms with Crippen molar-refractivity contribution in [3.63, 3.8) is 0 Å². The van der Waals surface area contributed by atoms with Crippen LogP contribution in [0, 0.1) is 0 Å². The van der Waals surface area contributed by atoms with Gasteiger partial charge in [-0.25, -0.2) is 4.57 Å². The third kappa shape index (κ3) is 4.18. The van der Waals surface area contributed by atoms with Gasteiger partial charge in [0.1, 0.15) is 5.60 Å². The van der Waals surface area contributed by atoms with E-state index in [2.05, 4.69) is 0 Å². The average molecular weight is 330 g/mol. The van der Waals surface area contributed by atoms with E-state index in [0.29, 0.717) is 18.1 Å². The highest BCUT2D eigenvalue weighted by Gasteiger charge is 2.35. The molecule has 118 valence electrons. The molecule has 0 bridgehead atoms. The van der Waals surface area contributed by atoms with Crippen molar-refractivity contribution in [2.75, 3.05) is 12.4 Å². The van der Waals surface area contributed by atoms with Crippen molar-refractivity contribution < 1.29 is 18.3 Å². The molecule has 1 atom stereocenters. The van der Waals surface area contributed by atoms with Gasteiger partial charge in [0.15, 0.2) is 11.5 Å². The molecule has 0 fully saturated rings. The van der Waals surface area contributed by atoms with E-state index in [1.54, 1.807) is 6.07 Å². The molecule has 0 radical (unpaired) electrons. The first-order chi connectivity index (χ1) is 9.89. The van der Waals surface area contributed by atoms with Gasteiger partial charge in [0.2, 0.25) is 0 Å². The maximum atomic E-state index is 12.8. The normalized spacial score (nSPS) is 18.7. The summed E-state index contributed by atoms with van der Waals surface area (Å²) >= 11 is 1.24. The van der Waals surface area contributed by atoms with Crippen LogP contribution in [0.25, 0.3) is 0 Å². The summed E-state index contributed by atoms with van der Waals surface area (Å²) in [4.78, 5) is 0. The van der Waals surface area contributed by atoms with Crippen LogP contribution in [0.3, 0.4) is 0 Å². The zero-order chi connectivity index (χ0) is 15.5. The van der Waals surface area contributed by atoms with Gasteiger partial charge in [-0.1, -0.05) is 19.1 Å². The number of ether oxygens (including phenoxy) is 1. The van der Waals surface area contributed by atoms with Crippen molar-refractivity contribution in [3.8, 4) is 11.5 Å². The number of rotatable bonds is 7. The van der Waals surface area contributed by atoms with Gasteiger partial charge in [0, 0.05) is 17.7 Å². The third-order valence-electron chi connectivity index (χ3n) is 3.01. The van der Waals surface area contributed by atoms with E-state index in [0.717, 1.165) is 24.2 Å². The summed E-state index contributed by atoms with van der Waals surface area (Å²) in [5, 5.41) is 0. The first kappa shape index (κ1) is 16.7. The fraction of sp³-hybridized carbons (Fsp3) is 0.600. The molecule has 21 heavy (non-hydrogen) atoms. The van der Waals surface area contributed by atoms with Crippen LogP contribution in [0.4, 0.5) is 0 Å². The molecule has 0 aliphatic carbocycles. The van der Waals surface area contributed by atoms with Crippen molar-refractivity contribution >= 4 is 18.2 Å². The van der Waals surface area contributed by atoms with E-state index in [9.17, 15) is 4.57 Å². The predicted octanol–water partition coefficient (Wildman–Crippen LogP) is 5.07. The monoisotopic (exact) mass is 330 g/mol. The molecule has 0 spiro atoms. The van der Waals surface area contributed by atoms with Gasteiger partial charge in [-0.15, -0.1) is 0 Å². The molecule has 0 amide bonds. The number of benzene rings is 1. The zero-order valence-electron chi connectivity index (χ0n) is 13.0. The lowest BCUT2D eigenvalue weighted by Gasteiger charge is -2.21. The molecule has 0 N–H and O–H groups in total. The molecule has 1 aliphatic heterocycles. The Morgan fingerprint density at radius 2 is 2.14 bits per heavy atom. The fourth-order valence-corrected chi connectivity index (χ4v) is 5.68. The Kier molecular flexibility index (Phi) is 5.29. The molecule has 1 aromatic rings. The Labute approximate surface area is 130 Å². The fourth-order valence-electron chi connectivity index (χ4n) is 2.23. The molecular weight excluding hydrogens is 307 g/mol. The number of hydrogen-bond acceptors (Lipinski definition) is 5. The Morgan fingerprint density at radius 1 is 1.38 bits per heavy atom. The second-order valence-electron chi connectivity index (χ2n) is 5.57. The smallest absolute Gasteiger partial charge is 0.440 e. The zero-order valence-corrected chi connectivity index (χ0v) is 14.8. The molecule has 1 unspecified atom stereocenters. The highest BCUT2D eigenvalue weighted by Crippen LogP contribution is 2.62. The first-order valence-electron chi connectivity index (χ1n) is 7.29. The van der Waals surface area contributed by atoms with Crippen LogP contribution < -0.4 is 9.26 Å². The van der Waals surface area contributed by atoms with Gasteiger partial charge in [0.25, 0.3) is 0 Å². The van der Waals surface area contributed by atoms with Gasteiger partial charge in [0.05, 0.1) is 6.61 Å². The van der Waals surface area contributed by atoms with E-state index in [1.807, 2.05) is 39.8 Å². The van der Waals surface area contributed by atoms with Crippen LogP contribution in [0.5, 0.6) is 11.5 Å². The van der Waals surface area contributed by atoms with Gasteiger partial charge in [-0.3, -0.25) is 4.52 Å². The first-order valence-corrected chi connectivity index (χ1v) is 10.4. The van der Waals surface area contributed by atoms with E-state index in [1.165, 1.54) is 11.4 Å². The van der Waals surface area contributed by atoms with E-state index < -0.39 is 6.80 Å². The predicted molar refractivity (Wildman–Crippen MR) is 87.5 cm³/mol. The third-order valence-corrected chi connectivity index (χ3v) is 6.94. The molecule has 1 heterocycles. The largest absolute Gasteiger partial charge is 0.483 e. The Bertz CT molecular complexity index is 544. The van der Waals surface area contributed by atoms with Crippen molar-refractivity contribution in [3.05, 3.63) is 23.8 Å². The lowest BCUT2D eigenvalue weighted by molar-refractivity contribution is 0.135. The van der Waals surface area contributed by atoms with Crippen molar-refractivity contribution in [2.45, 2.75) is 46.1 Å². The van der Waals surface area contributed by atoms with Gasteiger partial charge in [-0.2, -0.15) is 0 Å². The minimum atomic E-state index is -3.20.